The highest BCUT2D eigenvalue weighted by Gasteiger charge is 2.30. The van der Waals surface area contributed by atoms with Gasteiger partial charge in [-0.05, 0) is 42.3 Å². The van der Waals surface area contributed by atoms with Crippen LogP contribution in [0.15, 0.2) is 30.3 Å². The molecule has 1 N–H and O–H groups in total. The minimum atomic E-state index is -0.118. The Hall–Kier alpha value is -1.95. The molecule has 1 fully saturated rings. The van der Waals surface area contributed by atoms with Crippen LogP contribution in [-0.2, 0) is 4.74 Å². The summed E-state index contributed by atoms with van der Waals surface area (Å²) in [5.41, 5.74) is 0.820. The van der Waals surface area contributed by atoms with Crippen molar-refractivity contribution < 1.29 is 4.74 Å². The molecule has 1 saturated heterocycles. The Morgan fingerprint density at radius 2 is 2.21 bits per heavy atom. The van der Waals surface area contributed by atoms with Crippen LogP contribution in [0.1, 0.15) is 19.8 Å². The molecular formula is C13H17N5O. The van der Waals surface area contributed by atoms with E-state index in [1.807, 2.05) is 30.3 Å². The second kappa shape index (κ2) is 4.97. The molecule has 6 nitrogen and oxygen atoms in total. The third kappa shape index (κ3) is 2.58. The summed E-state index contributed by atoms with van der Waals surface area (Å²) in [5.74, 6) is 0.642. The van der Waals surface area contributed by atoms with E-state index >= 15 is 0 Å². The molecule has 1 aliphatic heterocycles. The lowest BCUT2D eigenvalue weighted by Gasteiger charge is -2.23. The van der Waals surface area contributed by atoms with Crippen LogP contribution in [0.2, 0.25) is 0 Å². The molecule has 6 heteroatoms. The van der Waals surface area contributed by atoms with Crippen molar-refractivity contribution in [1.82, 2.24) is 20.2 Å². The van der Waals surface area contributed by atoms with E-state index in [9.17, 15) is 0 Å². The molecule has 0 amide bonds. The zero-order chi connectivity index (χ0) is 13.1. The summed E-state index contributed by atoms with van der Waals surface area (Å²) in [6.07, 6.45) is 2.18. The number of anilines is 1. The van der Waals surface area contributed by atoms with Crippen LogP contribution in [0, 0.1) is 0 Å². The first-order valence-corrected chi connectivity index (χ1v) is 6.48. The van der Waals surface area contributed by atoms with Gasteiger partial charge in [0.1, 0.15) is 0 Å². The van der Waals surface area contributed by atoms with Crippen LogP contribution >= 0.6 is 0 Å². The molecule has 19 heavy (non-hydrogen) atoms. The molecular weight excluding hydrogens is 242 g/mol. The molecule has 2 heterocycles. The van der Waals surface area contributed by atoms with E-state index in [0.29, 0.717) is 12.5 Å². The molecule has 2 aromatic rings. The van der Waals surface area contributed by atoms with E-state index in [1.165, 1.54) is 0 Å². The number of para-hydroxylation sites is 1. The van der Waals surface area contributed by atoms with E-state index < -0.39 is 0 Å². The van der Waals surface area contributed by atoms with Gasteiger partial charge in [0.15, 0.2) is 0 Å². The third-order valence-electron chi connectivity index (χ3n) is 3.39. The van der Waals surface area contributed by atoms with Gasteiger partial charge in [-0.1, -0.05) is 23.3 Å². The van der Waals surface area contributed by atoms with E-state index in [4.69, 9.17) is 4.74 Å². The van der Waals surface area contributed by atoms with Crippen LogP contribution in [0.25, 0.3) is 5.69 Å². The van der Waals surface area contributed by atoms with E-state index in [2.05, 4.69) is 27.8 Å². The summed E-state index contributed by atoms with van der Waals surface area (Å²) in [6, 6.07) is 9.82. The molecule has 0 saturated carbocycles. The maximum atomic E-state index is 5.74. The minimum absolute atomic E-state index is 0.118. The first-order chi connectivity index (χ1) is 9.27. The lowest BCUT2D eigenvalue weighted by Crippen LogP contribution is -2.33. The average Bonchev–Trinajstić information content (AvgIpc) is 3.07. The van der Waals surface area contributed by atoms with Crippen molar-refractivity contribution in [3.63, 3.8) is 0 Å². The first kappa shape index (κ1) is 12.1. The molecule has 1 aliphatic rings. The molecule has 1 unspecified atom stereocenters. The highest BCUT2D eigenvalue weighted by molar-refractivity contribution is 5.38. The van der Waals surface area contributed by atoms with Gasteiger partial charge in [0.25, 0.3) is 0 Å². The number of tetrazole rings is 1. The number of rotatable bonds is 4. The summed E-state index contributed by atoms with van der Waals surface area (Å²) in [7, 11) is 0. The first-order valence-electron chi connectivity index (χ1n) is 6.48. The number of benzene rings is 1. The lowest BCUT2D eigenvalue weighted by molar-refractivity contribution is 0.0314. The van der Waals surface area contributed by atoms with Gasteiger partial charge >= 0.3 is 0 Å². The van der Waals surface area contributed by atoms with Crippen LogP contribution in [0.3, 0.4) is 0 Å². The highest BCUT2D eigenvalue weighted by atomic mass is 16.5. The minimum Gasteiger partial charge on any atom is -0.373 e. The number of aromatic nitrogens is 4. The van der Waals surface area contributed by atoms with Gasteiger partial charge in [0, 0.05) is 13.2 Å². The smallest absolute Gasteiger partial charge is 0.247 e. The molecule has 100 valence electrons. The predicted octanol–water partition coefficient (Wildman–Crippen LogP) is 1.64. The quantitative estimate of drug-likeness (QED) is 0.904. The van der Waals surface area contributed by atoms with Crippen molar-refractivity contribution in [3.05, 3.63) is 30.3 Å². The molecule has 3 rings (SSSR count). The lowest BCUT2D eigenvalue weighted by atomic mass is 10.0. The normalized spacial score (nSPS) is 22.6. The van der Waals surface area contributed by atoms with E-state index in [1.54, 1.807) is 4.68 Å². The molecule has 0 spiro atoms. The molecule has 1 aromatic carbocycles. The molecule has 1 atom stereocenters. The van der Waals surface area contributed by atoms with Crippen LogP contribution in [0.5, 0.6) is 0 Å². The van der Waals surface area contributed by atoms with Gasteiger partial charge in [-0.25, -0.2) is 0 Å². The Bertz CT molecular complexity index is 533. The van der Waals surface area contributed by atoms with Crippen molar-refractivity contribution >= 4 is 5.95 Å². The summed E-state index contributed by atoms with van der Waals surface area (Å²) in [6.45, 7) is 3.66. The summed E-state index contributed by atoms with van der Waals surface area (Å²) >= 11 is 0. The number of hydrogen-bond donors (Lipinski definition) is 1. The zero-order valence-electron chi connectivity index (χ0n) is 10.9. The van der Waals surface area contributed by atoms with Gasteiger partial charge in [0.05, 0.1) is 11.3 Å². The van der Waals surface area contributed by atoms with Gasteiger partial charge < -0.3 is 10.1 Å². The van der Waals surface area contributed by atoms with Gasteiger partial charge in [-0.3, -0.25) is 0 Å². The fourth-order valence-electron chi connectivity index (χ4n) is 2.28. The SMILES string of the molecule is CC1(CNc2nnnn2-c2ccccc2)CCCO1. The van der Waals surface area contributed by atoms with Crippen molar-refractivity contribution in [2.24, 2.45) is 0 Å². The zero-order valence-corrected chi connectivity index (χ0v) is 10.9. The maximum absolute atomic E-state index is 5.74. The second-order valence-electron chi connectivity index (χ2n) is 5.01. The van der Waals surface area contributed by atoms with Crippen molar-refractivity contribution in [1.29, 1.82) is 0 Å². The highest BCUT2D eigenvalue weighted by Crippen LogP contribution is 2.25. The Morgan fingerprint density at radius 3 is 2.95 bits per heavy atom. The van der Waals surface area contributed by atoms with Gasteiger partial charge in [-0.15, -0.1) is 0 Å². The second-order valence-corrected chi connectivity index (χ2v) is 5.01. The van der Waals surface area contributed by atoms with Gasteiger partial charge in [0.2, 0.25) is 5.95 Å². The average molecular weight is 259 g/mol. The Kier molecular flexibility index (Phi) is 3.16. The summed E-state index contributed by atoms with van der Waals surface area (Å²) in [4.78, 5) is 0. The number of hydrogen-bond acceptors (Lipinski definition) is 5. The molecule has 0 aliphatic carbocycles. The monoisotopic (exact) mass is 259 g/mol. The van der Waals surface area contributed by atoms with E-state index in [0.717, 1.165) is 25.1 Å². The topological polar surface area (TPSA) is 64.9 Å². The summed E-state index contributed by atoms with van der Waals surface area (Å²) < 4.78 is 7.44. The third-order valence-corrected chi connectivity index (χ3v) is 3.39. The number of nitrogens with one attached hydrogen (secondary N) is 1. The van der Waals surface area contributed by atoms with Crippen molar-refractivity contribution in [3.8, 4) is 5.69 Å². The number of ether oxygens (including phenoxy) is 1. The van der Waals surface area contributed by atoms with E-state index in [-0.39, 0.29) is 5.60 Å². The maximum Gasteiger partial charge on any atom is 0.247 e. The fraction of sp³-hybridized carbons (Fsp3) is 0.462. The van der Waals surface area contributed by atoms with Crippen molar-refractivity contribution in [2.45, 2.75) is 25.4 Å². The van der Waals surface area contributed by atoms with Crippen LogP contribution in [0.4, 0.5) is 5.95 Å². The van der Waals surface area contributed by atoms with Gasteiger partial charge in [-0.2, -0.15) is 4.68 Å². The molecule has 0 bridgehead atoms. The Labute approximate surface area is 111 Å². The Morgan fingerprint density at radius 1 is 1.37 bits per heavy atom. The Balaban J connectivity index is 1.74. The fourth-order valence-corrected chi connectivity index (χ4v) is 2.28. The predicted molar refractivity (Wildman–Crippen MR) is 71.2 cm³/mol. The standard InChI is InChI=1S/C13H17N5O/c1-13(8-5-9-19-13)10-14-12-15-16-17-18(12)11-6-3-2-4-7-11/h2-4,6-7H,5,8-10H2,1H3,(H,14,15,17). The van der Waals surface area contributed by atoms with Crippen LogP contribution in [-0.4, -0.2) is 39.0 Å². The molecule has 0 radical (unpaired) electrons. The van der Waals surface area contributed by atoms with Crippen molar-refractivity contribution in [2.75, 3.05) is 18.5 Å². The summed E-state index contributed by atoms with van der Waals surface area (Å²) in [5, 5.41) is 15.0. The largest absolute Gasteiger partial charge is 0.373 e. The number of nitrogens with zero attached hydrogens (tertiary/aromatic N) is 4. The molecule has 1 aromatic heterocycles. The van der Waals surface area contributed by atoms with Crippen LogP contribution < -0.4 is 5.32 Å².